The summed E-state index contributed by atoms with van der Waals surface area (Å²) in [5, 5.41) is 0. The van der Waals surface area contributed by atoms with Gasteiger partial charge in [-0.15, -0.1) is 0 Å². The summed E-state index contributed by atoms with van der Waals surface area (Å²) in [7, 11) is 0. The van der Waals surface area contributed by atoms with Gasteiger partial charge in [-0.05, 0) is 50.6 Å². The molecular weight excluding hydrogens is 319 g/mol. The Balaban J connectivity index is 1.85. The molecule has 0 aliphatic carbocycles. The number of fused-ring (bicyclic) bond motifs is 1. The summed E-state index contributed by atoms with van der Waals surface area (Å²) in [5.74, 6) is -0.238. The Morgan fingerprint density at radius 3 is 2.48 bits per heavy atom. The number of benzene rings is 2. The van der Waals surface area contributed by atoms with Crippen molar-refractivity contribution in [2.24, 2.45) is 0 Å². The highest BCUT2D eigenvalue weighted by Gasteiger charge is 2.29. The maximum atomic E-state index is 13.5. The van der Waals surface area contributed by atoms with E-state index in [-0.39, 0.29) is 11.9 Å². The quantitative estimate of drug-likeness (QED) is 0.800. The molecule has 132 valence electrons. The number of hydrogen-bond donors (Lipinski definition) is 0. The van der Waals surface area contributed by atoms with Gasteiger partial charge in [0, 0.05) is 19.6 Å². The molecule has 2 aromatic carbocycles. The topological polar surface area (TPSA) is 32.8 Å². The monoisotopic (exact) mass is 342 g/mol. The van der Waals surface area contributed by atoms with Crippen LogP contribution >= 0.6 is 0 Å². The first kappa shape index (κ1) is 17.3. The predicted molar refractivity (Wildman–Crippen MR) is 97.5 cm³/mol. The molecule has 0 N–H and O–H groups in total. The van der Waals surface area contributed by atoms with Crippen molar-refractivity contribution in [3.8, 4) is 0 Å². The van der Waals surface area contributed by atoms with Crippen LogP contribution < -0.4 is 9.80 Å². The first-order valence-electron chi connectivity index (χ1n) is 8.42. The molecule has 0 saturated heterocycles. The minimum atomic E-state index is -0.537. The van der Waals surface area contributed by atoms with Gasteiger partial charge in [0.15, 0.2) is 0 Å². The number of nitrogens with zero attached hydrogens (tertiary/aromatic N) is 2. The number of para-hydroxylation sites is 2. The van der Waals surface area contributed by atoms with E-state index in [4.69, 9.17) is 4.74 Å². The number of halogens is 1. The molecule has 0 fully saturated rings. The van der Waals surface area contributed by atoms with Gasteiger partial charge in [0.1, 0.15) is 11.4 Å². The molecule has 2 aromatic rings. The van der Waals surface area contributed by atoms with E-state index in [1.165, 1.54) is 6.07 Å². The number of carbonyl (C=O) groups excluding carboxylic acids is 1. The van der Waals surface area contributed by atoms with E-state index in [1.54, 1.807) is 17.0 Å². The zero-order valence-corrected chi connectivity index (χ0v) is 14.8. The van der Waals surface area contributed by atoms with Gasteiger partial charge in [0.05, 0.1) is 11.4 Å². The lowest BCUT2D eigenvalue weighted by Crippen LogP contribution is -2.45. The predicted octanol–water partition coefficient (Wildman–Crippen LogP) is 4.59. The van der Waals surface area contributed by atoms with Crippen LogP contribution in [-0.2, 0) is 11.3 Å². The Morgan fingerprint density at radius 1 is 1.08 bits per heavy atom. The Bertz CT molecular complexity index is 770. The second-order valence-corrected chi connectivity index (χ2v) is 7.17. The van der Waals surface area contributed by atoms with Crippen LogP contribution in [0.5, 0.6) is 0 Å². The molecule has 0 bridgehead atoms. The number of amides is 1. The first-order valence-corrected chi connectivity index (χ1v) is 8.42. The highest BCUT2D eigenvalue weighted by molar-refractivity contribution is 5.93. The van der Waals surface area contributed by atoms with Crippen molar-refractivity contribution in [1.29, 1.82) is 0 Å². The SMILES string of the molecule is CC(C)(C)OC(=O)N1CCN(Cc2cccc(F)c2)c2ccccc21. The first-order chi connectivity index (χ1) is 11.8. The van der Waals surface area contributed by atoms with Crippen LogP contribution in [0.25, 0.3) is 0 Å². The lowest BCUT2D eigenvalue weighted by atomic mass is 10.1. The Kier molecular flexibility index (Phi) is 4.66. The molecule has 0 saturated carbocycles. The summed E-state index contributed by atoms with van der Waals surface area (Å²) < 4.78 is 19.0. The minimum absolute atomic E-state index is 0.238. The fourth-order valence-electron chi connectivity index (χ4n) is 2.95. The molecule has 3 rings (SSSR count). The fourth-order valence-corrected chi connectivity index (χ4v) is 2.95. The summed E-state index contributed by atoms with van der Waals surface area (Å²) in [6.07, 6.45) is -0.342. The van der Waals surface area contributed by atoms with E-state index in [9.17, 15) is 9.18 Å². The fraction of sp³-hybridized carbons (Fsp3) is 0.350. The van der Waals surface area contributed by atoms with Crippen molar-refractivity contribution in [2.45, 2.75) is 32.9 Å². The minimum Gasteiger partial charge on any atom is -0.443 e. The maximum absolute atomic E-state index is 13.5. The number of anilines is 2. The average Bonchev–Trinajstić information content (AvgIpc) is 2.53. The molecule has 5 heteroatoms. The normalized spacial score (nSPS) is 14.2. The Hall–Kier alpha value is -2.56. The number of hydrogen-bond acceptors (Lipinski definition) is 3. The molecule has 0 atom stereocenters. The largest absolute Gasteiger partial charge is 0.443 e. The Labute approximate surface area is 147 Å². The highest BCUT2D eigenvalue weighted by Crippen LogP contribution is 2.34. The third kappa shape index (κ3) is 4.10. The molecule has 1 heterocycles. The van der Waals surface area contributed by atoms with Crippen molar-refractivity contribution >= 4 is 17.5 Å². The van der Waals surface area contributed by atoms with Crippen LogP contribution in [0.3, 0.4) is 0 Å². The molecular formula is C20H23FN2O2. The van der Waals surface area contributed by atoms with Gasteiger partial charge in [-0.1, -0.05) is 24.3 Å². The van der Waals surface area contributed by atoms with E-state index in [0.717, 1.165) is 16.9 Å². The summed E-state index contributed by atoms with van der Waals surface area (Å²) in [6, 6.07) is 14.3. The van der Waals surface area contributed by atoms with Crippen LogP contribution in [0, 0.1) is 5.82 Å². The van der Waals surface area contributed by atoms with Crippen molar-refractivity contribution < 1.29 is 13.9 Å². The van der Waals surface area contributed by atoms with Crippen LogP contribution in [0.15, 0.2) is 48.5 Å². The van der Waals surface area contributed by atoms with Gasteiger partial charge in [0.2, 0.25) is 0 Å². The van der Waals surface area contributed by atoms with Crippen molar-refractivity contribution in [3.05, 3.63) is 59.9 Å². The second-order valence-electron chi connectivity index (χ2n) is 7.17. The number of carbonyl (C=O) groups is 1. The third-order valence-electron chi connectivity index (χ3n) is 3.98. The second kappa shape index (κ2) is 6.75. The van der Waals surface area contributed by atoms with Crippen molar-refractivity contribution in [1.82, 2.24) is 0 Å². The summed E-state index contributed by atoms with van der Waals surface area (Å²) >= 11 is 0. The molecule has 0 aromatic heterocycles. The number of ether oxygens (including phenoxy) is 1. The molecule has 0 unspecified atom stereocenters. The average molecular weight is 342 g/mol. The van der Waals surface area contributed by atoms with Gasteiger partial charge in [-0.2, -0.15) is 0 Å². The molecule has 4 nitrogen and oxygen atoms in total. The van der Waals surface area contributed by atoms with E-state index in [2.05, 4.69) is 4.90 Å². The zero-order valence-electron chi connectivity index (χ0n) is 14.8. The van der Waals surface area contributed by atoms with E-state index in [0.29, 0.717) is 19.6 Å². The maximum Gasteiger partial charge on any atom is 0.414 e. The zero-order chi connectivity index (χ0) is 18.0. The van der Waals surface area contributed by atoms with Gasteiger partial charge in [-0.3, -0.25) is 4.90 Å². The summed E-state index contributed by atoms with van der Waals surface area (Å²) in [5.41, 5.74) is 2.13. The lowest BCUT2D eigenvalue weighted by Gasteiger charge is -2.38. The van der Waals surface area contributed by atoms with E-state index >= 15 is 0 Å². The summed E-state index contributed by atoms with van der Waals surface area (Å²) in [6.45, 7) is 7.36. The van der Waals surface area contributed by atoms with E-state index in [1.807, 2.05) is 51.1 Å². The van der Waals surface area contributed by atoms with Crippen LogP contribution in [0.2, 0.25) is 0 Å². The van der Waals surface area contributed by atoms with Gasteiger partial charge in [0.25, 0.3) is 0 Å². The highest BCUT2D eigenvalue weighted by atomic mass is 19.1. The van der Waals surface area contributed by atoms with Gasteiger partial charge >= 0.3 is 6.09 Å². The van der Waals surface area contributed by atoms with Crippen molar-refractivity contribution in [3.63, 3.8) is 0 Å². The molecule has 0 spiro atoms. The molecule has 0 radical (unpaired) electrons. The van der Waals surface area contributed by atoms with Crippen LogP contribution in [0.4, 0.5) is 20.6 Å². The van der Waals surface area contributed by atoms with E-state index < -0.39 is 5.60 Å². The Morgan fingerprint density at radius 2 is 1.80 bits per heavy atom. The molecule has 1 amide bonds. The van der Waals surface area contributed by atoms with Crippen molar-refractivity contribution in [2.75, 3.05) is 22.9 Å². The van der Waals surface area contributed by atoms with Gasteiger partial charge < -0.3 is 9.64 Å². The number of rotatable bonds is 2. The standard InChI is InChI=1S/C20H23FN2O2/c1-20(2,3)25-19(24)23-12-11-22(17-9-4-5-10-18(17)23)14-15-7-6-8-16(21)13-15/h4-10,13H,11-12,14H2,1-3H3. The molecule has 1 aliphatic rings. The molecule has 1 aliphatic heterocycles. The van der Waals surface area contributed by atoms with Crippen LogP contribution in [0.1, 0.15) is 26.3 Å². The van der Waals surface area contributed by atoms with Crippen LogP contribution in [-0.4, -0.2) is 24.8 Å². The lowest BCUT2D eigenvalue weighted by molar-refractivity contribution is 0.0580. The summed E-state index contributed by atoms with van der Waals surface area (Å²) in [4.78, 5) is 16.3. The van der Waals surface area contributed by atoms with Gasteiger partial charge in [-0.25, -0.2) is 9.18 Å². The molecule has 25 heavy (non-hydrogen) atoms. The smallest absolute Gasteiger partial charge is 0.414 e. The third-order valence-corrected chi connectivity index (χ3v) is 3.98.